The van der Waals surface area contributed by atoms with Crippen LogP contribution in [0.15, 0.2) is 48.8 Å². The molecule has 1 unspecified atom stereocenters. The molecule has 1 aliphatic heterocycles. The maximum absolute atomic E-state index is 12.8. The number of methoxy groups -OCH3 is 1. The van der Waals surface area contributed by atoms with Gasteiger partial charge < -0.3 is 14.2 Å². The number of likely N-dealkylation sites (tertiary alicyclic amines) is 1. The van der Waals surface area contributed by atoms with Crippen molar-refractivity contribution < 1.29 is 9.53 Å². The number of hydrogen-bond acceptors (Lipinski definition) is 2. The van der Waals surface area contributed by atoms with E-state index in [0.29, 0.717) is 6.42 Å². The summed E-state index contributed by atoms with van der Waals surface area (Å²) in [7, 11) is 1.67. The summed E-state index contributed by atoms with van der Waals surface area (Å²) >= 11 is 0. The third-order valence-electron chi connectivity index (χ3n) is 4.81. The topological polar surface area (TPSA) is 34.5 Å². The van der Waals surface area contributed by atoms with Gasteiger partial charge in [0.1, 0.15) is 5.75 Å². The van der Waals surface area contributed by atoms with Gasteiger partial charge in [-0.3, -0.25) is 4.79 Å². The molecule has 1 fully saturated rings. The van der Waals surface area contributed by atoms with E-state index in [4.69, 9.17) is 4.74 Å². The summed E-state index contributed by atoms with van der Waals surface area (Å²) in [6.45, 7) is 1.81. The van der Waals surface area contributed by atoms with Crippen molar-refractivity contribution in [2.24, 2.45) is 0 Å². The predicted octanol–water partition coefficient (Wildman–Crippen LogP) is 3.88. The van der Waals surface area contributed by atoms with E-state index in [1.165, 1.54) is 12.8 Å². The van der Waals surface area contributed by atoms with Crippen LogP contribution >= 0.6 is 0 Å². The third-order valence-corrected chi connectivity index (χ3v) is 4.81. The largest absolute Gasteiger partial charge is 0.497 e. The van der Waals surface area contributed by atoms with Gasteiger partial charge in [-0.15, -0.1) is 0 Å². The smallest absolute Gasteiger partial charge is 0.225 e. The zero-order valence-electron chi connectivity index (χ0n) is 14.4. The van der Waals surface area contributed by atoms with Gasteiger partial charge in [0.15, 0.2) is 0 Å². The lowest BCUT2D eigenvalue weighted by atomic mass is 10.0. The SMILES string of the molecule is COc1ccc(C(CC(=O)N2CCCCCC2)n2cccc2)cc1. The normalized spacial score (nSPS) is 16.5. The van der Waals surface area contributed by atoms with Gasteiger partial charge in [-0.05, 0) is 42.7 Å². The average molecular weight is 326 g/mol. The number of ether oxygens (including phenoxy) is 1. The zero-order valence-corrected chi connectivity index (χ0v) is 14.4. The van der Waals surface area contributed by atoms with E-state index in [-0.39, 0.29) is 11.9 Å². The second kappa shape index (κ2) is 8.04. The average Bonchev–Trinajstić information content (AvgIpc) is 3.01. The molecule has 3 rings (SSSR count). The fraction of sp³-hybridized carbons (Fsp3) is 0.450. The Morgan fingerprint density at radius 2 is 1.67 bits per heavy atom. The molecule has 2 aromatic rings. The van der Waals surface area contributed by atoms with Crippen molar-refractivity contribution >= 4 is 5.91 Å². The van der Waals surface area contributed by atoms with Crippen LogP contribution < -0.4 is 4.74 Å². The monoisotopic (exact) mass is 326 g/mol. The van der Waals surface area contributed by atoms with E-state index in [9.17, 15) is 4.79 Å². The number of aromatic nitrogens is 1. The third kappa shape index (κ3) is 3.99. The Labute approximate surface area is 144 Å². The Kier molecular flexibility index (Phi) is 5.57. The minimum atomic E-state index is 0.0293. The molecule has 4 nitrogen and oxygen atoms in total. The molecular formula is C20H26N2O2. The van der Waals surface area contributed by atoms with Crippen molar-refractivity contribution in [3.63, 3.8) is 0 Å². The van der Waals surface area contributed by atoms with Gasteiger partial charge in [-0.1, -0.05) is 25.0 Å². The Morgan fingerprint density at radius 1 is 1.04 bits per heavy atom. The number of benzene rings is 1. The lowest BCUT2D eigenvalue weighted by Gasteiger charge is -2.25. The summed E-state index contributed by atoms with van der Waals surface area (Å²) in [4.78, 5) is 14.9. The molecule has 0 aliphatic carbocycles. The van der Waals surface area contributed by atoms with Crippen LogP contribution in [0.1, 0.15) is 43.7 Å². The molecule has 1 atom stereocenters. The number of nitrogens with zero attached hydrogens (tertiary/aromatic N) is 2. The predicted molar refractivity (Wildman–Crippen MR) is 95.2 cm³/mol. The Balaban J connectivity index is 1.78. The first-order valence-corrected chi connectivity index (χ1v) is 8.82. The lowest BCUT2D eigenvalue weighted by molar-refractivity contribution is -0.131. The standard InChI is InChI=1S/C20H26N2O2/c1-24-18-10-8-17(9-11-18)19(21-12-6-7-13-21)16-20(23)22-14-4-2-3-5-15-22/h6-13,19H,2-5,14-16H2,1H3. The molecule has 1 aromatic carbocycles. The van der Waals surface area contributed by atoms with Gasteiger partial charge in [0, 0.05) is 25.5 Å². The summed E-state index contributed by atoms with van der Waals surface area (Å²) in [5.74, 6) is 1.09. The Hall–Kier alpha value is -2.23. The zero-order chi connectivity index (χ0) is 16.8. The molecule has 4 heteroatoms. The maximum Gasteiger partial charge on any atom is 0.225 e. The van der Waals surface area contributed by atoms with Crippen LogP contribution in [-0.2, 0) is 4.79 Å². The van der Waals surface area contributed by atoms with Crippen molar-refractivity contribution in [2.75, 3.05) is 20.2 Å². The van der Waals surface area contributed by atoms with E-state index in [2.05, 4.69) is 16.7 Å². The molecule has 0 radical (unpaired) electrons. The quantitative estimate of drug-likeness (QED) is 0.836. The first kappa shape index (κ1) is 16.6. The molecule has 1 amide bonds. The number of hydrogen-bond donors (Lipinski definition) is 0. The van der Waals surface area contributed by atoms with Crippen molar-refractivity contribution in [1.82, 2.24) is 9.47 Å². The number of carbonyl (C=O) groups is 1. The lowest BCUT2D eigenvalue weighted by Crippen LogP contribution is -2.33. The highest BCUT2D eigenvalue weighted by molar-refractivity contribution is 5.77. The van der Waals surface area contributed by atoms with Gasteiger partial charge in [-0.2, -0.15) is 0 Å². The molecule has 128 valence electrons. The first-order valence-electron chi connectivity index (χ1n) is 8.82. The molecule has 0 saturated carbocycles. The van der Waals surface area contributed by atoms with E-state index in [1.54, 1.807) is 7.11 Å². The highest BCUT2D eigenvalue weighted by Gasteiger charge is 2.22. The molecule has 1 aromatic heterocycles. The molecule has 24 heavy (non-hydrogen) atoms. The Bertz CT molecular complexity index is 626. The second-order valence-corrected chi connectivity index (χ2v) is 6.42. The minimum absolute atomic E-state index is 0.0293. The molecule has 1 saturated heterocycles. The van der Waals surface area contributed by atoms with Crippen molar-refractivity contribution in [3.05, 3.63) is 54.4 Å². The van der Waals surface area contributed by atoms with Crippen molar-refractivity contribution in [3.8, 4) is 5.75 Å². The number of amides is 1. The summed E-state index contributed by atoms with van der Waals surface area (Å²) in [5.41, 5.74) is 1.13. The van der Waals surface area contributed by atoms with Crippen LogP contribution in [-0.4, -0.2) is 35.6 Å². The summed E-state index contributed by atoms with van der Waals surface area (Å²) in [6.07, 6.45) is 9.30. The van der Waals surface area contributed by atoms with E-state index in [0.717, 1.165) is 37.2 Å². The minimum Gasteiger partial charge on any atom is -0.497 e. The highest BCUT2D eigenvalue weighted by Crippen LogP contribution is 2.26. The van der Waals surface area contributed by atoms with Crippen molar-refractivity contribution in [2.45, 2.75) is 38.1 Å². The molecule has 0 N–H and O–H groups in total. The first-order chi connectivity index (χ1) is 11.8. The fourth-order valence-electron chi connectivity index (χ4n) is 3.39. The molecule has 1 aliphatic rings. The van der Waals surface area contributed by atoms with Crippen LogP contribution in [0, 0.1) is 0 Å². The van der Waals surface area contributed by atoms with Crippen molar-refractivity contribution in [1.29, 1.82) is 0 Å². The molecule has 2 heterocycles. The fourth-order valence-corrected chi connectivity index (χ4v) is 3.39. The van der Waals surface area contributed by atoms with Crippen LogP contribution in [0.2, 0.25) is 0 Å². The van der Waals surface area contributed by atoms with Crippen LogP contribution in [0.5, 0.6) is 5.75 Å². The van der Waals surface area contributed by atoms with E-state index < -0.39 is 0 Å². The van der Waals surface area contributed by atoms with Crippen LogP contribution in [0.4, 0.5) is 0 Å². The van der Waals surface area contributed by atoms with Gasteiger partial charge in [0.25, 0.3) is 0 Å². The van der Waals surface area contributed by atoms with Crippen LogP contribution in [0.3, 0.4) is 0 Å². The van der Waals surface area contributed by atoms with Gasteiger partial charge in [-0.25, -0.2) is 0 Å². The number of rotatable bonds is 5. The molecule has 0 spiro atoms. The van der Waals surface area contributed by atoms with Gasteiger partial charge in [0.2, 0.25) is 5.91 Å². The number of carbonyl (C=O) groups excluding carboxylic acids is 1. The van der Waals surface area contributed by atoms with Gasteiger partial charge in [0.05, 0.1) is 19.6 Å². The van der Waals surface area contributed by atoms with E-state index >= 15 is 0 Å². The Morgan fingerprint density at radius 3 is 2.25 bits per heavy atom. The summed E-state index contributed by atoms with van der Waals surface area (Å²) < 4.78 is 7.37. The maximum atomic E-state index is 12.8. The van der Waals surface area contributed by atoms with Gasteiger partial charge >= 0.3 is 0 Å². The van der Waals surface area contributed by atoms with E-state index in [1.807, 2.05) is 41.6 Å². The molecular weight excluding hydrogens is 300 g/mol. The summed E-state index contributed by atoms with van der Waals surface area (Å²) in [6, 6.07) is 12.1. The molecule has 0 bridgehead atoms. The second-order valence-electron chi connectivity index (χ2n) is 6.42. The summed E-state index contributed by atoms with van der Waals surface area (Å²) in [5, 5.41) is 0. The van der Waals surface area contributed by atoms with Crippen LogP contribution in [0.25, 0.3) is 0 Å². The highest BCUT2D eigenvalue weighted by atomic mass is 16.5.